The first-order valence-electron chi connectivity index (χ1n) is 7.23. The first-order chi connectivity index (χ1) is 10.1. The molecule has 0 saturated heterocycles. The standard InChI is InChI=1S/C12H18O.C6H6OS.Y/c1-4-12(9(2)3)10-5-7-11(13)8-6-10;7-8-6-4-2-1-3-5-6;/h5-9,12-13H,4H2,1-3H3;1-5,7H;. The molecule has 2 aromatic rings. The largest absolute Gasteiger partial charge is 0.508 e. The van der Waals surface area contributed by atoms with E-state index in [2.05, 4.69) is 20.8 Å². The van der Waals surface area contributed by atoms with Crippen molar-refractivity contribution in [2.24, 2.45) is 5.92 Å². The molecule has 1 radical (unpaired) electrons. The van der Waals surface area contributed by atoms with Gasteiger partial charge in [0.1, 0.15) is 5.75 Å². The zero-order chi connectivity index (χ0) is 15.7. The molecule has 2 nitrogen and oxygen atoms in total. The van der Waals surface area contributed by atoms with Gasteiger partial charge in [-0.3, -0.25) is 0 Å². The Morgan fingerprint density at radius 2 is 1.50 bits per heavy atom. The van der Waals surface area contributed by atoms with Crippen molar-refractivity contribution in [3.05, 3.63) is 60.2 Å². The van der Waals surface area contributed by atoms with Gasteiger partial charge >= 0.3 is 0 Å². The third-order valence-electron chi connectivity index (χ3n) is 3.41. The van der Waals surface area contributed by atoms with E-state index < -0.39 is 0 Å². The minimum absolute atomic E-state index is 0. The molecule has 0 saturated carbocycles. The summed E-state index contributed by atoms with van der Waals surface area (Å²) < 4.78 is 8.45. The number of phenolic OH excluding ortho intramolecular Hbond substituents is 1. The Labute approximate surface area is 163 Å². The summed E-state index contributed by atoms with van der Waals surface area (Å²) in [5, 5.41) is 9.15. The molecular formula is C18H24O2SY. The van der Waals surface area contributed by atoms with Gasteiger partial charge in [0.05, 0.1) is 0 Å². The van der Waals surface area contributed by atoms with Crippen molar-refractivity contribution in [2.75, 3.05) is 0 Å². The maximum absolute atomic E-state index is 9.15. The summed E-state index contributed by atoms with van der Waals surface area (Å²) in [6.07, 6.45) is 1.16. The molecule has 0 amide bonds. The van der Waals surface area contributed by atoms with Crippen molar-refractivity contribution in [3.63, 3.8) is 0 Å². The fourth-order valence-corrected chi connectivity index (χ4v) is 2.57. The second-order valence-electron chi connectivity index (χ2n) is 5.25. The predicted octanol–water partition coefficient (Wildman–Crippen LogP) is 5.79. The van der Waals surface area contributed by atoms with Crippen LogP contribution in [0.2, 0.25) is 0 Å². The molecule has 1 atom stereocenters. The maximum Gasteiger partial charge on any atom is 0.115 e. The molecular weight excluding hydrogens is 369 g/mol. The molecule has 0 aliphatic carbocycles. The third kappa shape index (κ3) is 7.78. The van der Waals surface area contributed by atoms with E-state index in [9.17, 15) is 0 Å². The van der Waals surface area contributed by atoms with Crippen molar-refractivity contribution in [3.8, 4) is 5.75 Å². The van der Waals surface area contributed by atoms with Crippen LogP contribution in [0.4, 0.5) is 0 Å². The van der Waals surface area contributed by atoms with Gasteiger partial charge in [-0.1, -0.05) is 51.1 Å². The van der Waals surface area contributed by atoms with Gasteiger partial charge in [-0.05, 0) is 48.1 Å². The van der Waals surface area contributed by atoms with Crippen LogP contribution in [0.5, 0.6) is 5.75 Å². The SMILES string of the molecule is CCC(c1ccc(O)cc1)C(C)C.OSc1ccccc1.[Y]. The van der Waals surface area contributed by atoms with Crippen LogP contribution in [0.15, 0.2) is 59.5 Å². The fourth-order valence-electron chi connectivity index (χ4n) is 2.29. The van der Waals surface area contributed by atoms with Crippen LogP contribution in [0.1, 0.15) is 38.7 Å². The number of hydrogen-bond donors (Lipinski definition) is 2. The van der Waals surface area contributed by atoms with Gasteiger partial charge < -0.3 is 9.66 Å². The molecule has 22 heavy (non-hydrogen) atoms. The van der Waals surface area contributed by atoms with E-state index in [-0.39, 0.29) is 32.7 Å². The van der Waals surface area contributed by atoms with Crippen molar-refractivity contribution in [1.82, 2.24) is 0 Å². The summed E-state index contributed by atoms with van der Waals surface area (Å²) in [6.45, 7) is 6.68. The van der Waals surface area contributed by atoms with Crippen molar-refractivity contribution >= 4 is 12.0 Å². The predicted molar refractivity (Wildman–Crippen MR) is 90.9 cm³/mol. The molecule has 2 aromatic carbocycles. The van der Waals surface area contributed by atoms with Gasteiger partial charge in [-0.2, -0.15) is 0 Å². The minimum Gasteiger partial charge on any atom is -0.508 e. The van der Waals surface area contributed by atoms with Crippen LogP contribution in [-0.2, 0) is 32.7 Å². The van der Waals surface area contributed by atoms with Crippen LogP contribution >= 0.6 is 12.0 Å². The molecule has 2 rings (SSSR count). The smallest absolute Gasteiger partial charge is 0.115 e. The van der Waals surface area contributed by atoms with Crippen LogP contribution < -0.4 is 0 Å². The van der Waals surface area contributed by atoms with Gasteiger partial charge in [0.15, 0.2) is 0 Å². The Morgan fingerprint density at radius 1 is 0.955 bits per heavy atom. The van der Waals surface area contributed by atoms with Gasteiger partial charge in [0, 0.05) is 49.6 Å². The normalized spacial score (nSPS) is 11.1. The van der Waals surface area contributed by atoms with E-state index in [0.717, 1.165) is 23.4 Å². The van der Waals surface area contributed by atoms with Crippen molar-refractivity contribution in [2.45, 2.75) is 38.0 Å². The Balaban J connectivity index is 0.000000423. The fraction of sp³-hybridized carbons (Fsp3) is 0.333. The zero-order valence-electron chi connectivity index (χ0n) is 13.4. The number of benzene rings is 2. The monoisotopic (exact) mass is 393 g/mol. The van der Waals surface area contributed by atoms with Gasteiger partial charge in [0.2, 0.25) is 0 Å². The number of rotatable bonds is 4. The van der Waals surface area contributed by atoms with E-state index in [1.54, 1.807) is 12.1 Å². The van der Waals surface area contributed by atoms with Crippen LogP contribution in [-0.4, -0.2) is 9.66 Å². The molecule has 0 spiro atoms. The summed E-state index contributed by atoms with van der Waals surface area (Å²) in [4.78, 5) is 0.882. The van der Waals surface area contributed by atoms with Gasteiger partial charge in [-0.15, -0.1) is 0 Å². The number of hydrogen-bond acceptors (Lipinski definition) is 3. The zero-order valence-corrected chi connectivity index (χ0v) is 17.1. The molecule has 117 valence electrons. The Bertz CT molecular complexity index is 500. The van der Waals surface area contributed by atoms with E-state index >= 15 is 0 Å². The van der Waals surface area contributed by atoms with E-state index in [1.807, 2.05) is 42.5 Å². The molecule has 0 aromatic heterocycles. The molecule has 0 heterocycles. The van der Waals surface area contributed by atoms with Crippen LogP contribution in [0.3, 0.4) is 0 Å². The summed E-state index contributed by atoms with van der Waals surface area (Å²) in [5.41, 5.74) is 1.33. The number of phenols is 1. The summed E-state index contributed by atoms with van der Waals surface area (Å²) in [5.74, 6) is 1.62. The molecule has 0 aliphatic rings. The molecule has 2 N–H and O–H groups in total. The first kappa shape index (κ1) is 21.7. The minimum atomic E-state index is 0. The summed E-state index contributed by atoms with van der Waals surface area (Å²) in [7, 11) is 0. The van der Waals surface area contributed by atoms with Gasteiger partial charge in [-0.25, -0.2) is 0 Å². The van der Waals surface area contributed by atoms with E-state index in [4.69, 9.17) is 9.66 Å². The summed E-state index contributed by atoms with van der Waals surface area (Å²) in [6, 6.07) is 17.0. The van der Waals surface area contributed by atoms with E-state index in [0.29, 0.717) is 17.6 Å². The summed E-state index contributed by atoms with van der Waals surface area (Å²) >= 11 is 0.769. The quantitative estimate of drug-likeness (QED) is 0.646. The molecule has 0 fully saturated rings. The molecule has 0 aliphatic heterocycles. The first-order valence-corrected chi connectivity index (χ1v) is 8.01. The molecule has 4 heteroatoms. The van der Waals surface area contributed by atoms with Crippen molar-refractivity contribution < 1.29 is 42.4 Å². The van der Waals surface area contributed by atoms with Gasteiger partial charge in [0.25, 0.3) is 0 Å². The average molecular weight is 393 g/mol. The second kappa shape index (κ2) is 12.1. The van der Waals surface area contributed by atoms with Crippen LogP contribution in [0.25, 0.3) is 0 Å². The van der Waals surface area contributed by atoms with Crippen molar-refractivity contribution in [1.29, 1.82) is 0 Å². The number of aromatic hydroxyl groups is 1. The molecule has 0 bridgehead atoms. The third-order valence-corrected chi connectivity index (χ3v) is 3.90. The Morgan fingerprint density at radius 3 is 1.86 bits per heavy atom. The Hall–Kier alpha value is -0.346. The maximum atomic E-state index is 9.15. The Kier molecular flexibility index (Phi) is 11.9. The second-order valence-corrected chi connectivity index (χ2v) is 5.91. The van der Waals surface area contributed by atoms with Crippen LogP contribution in [0, 0.1) is 5.92 Å². The average Bonchev–Trinajstić information content (AvgIpc) is 2.51. The molecule has 1 unspecified atom stereocenters. The topological polar surface area (TPSA) is 40.5 Å². The van der Waals surface area contributed by atoms with E-state index in [1.165, 1.54) is 5.56 Å².